The molecule has 0 saturated carbocycles. The van der Waals surface area contributed by atoms with Gasteiger partial charge in [-0.15, -0.1) is 0 Å². The summed E-state index contributed by atoms with van der Waals surface area (Å²) >= 11 is 0. The molecular weight excluding hydrogens is 326 g/mol. The topological polar surface area (TPSA) is 52.5 Å². The van der Waals surface area contributed by atoms with Crippen LogP contribution in [0.2, 0.25) is 0 Å². The molecular formula is C18H16F2N4O. The normalized spacial score (nSPS) is 15.0. The van der Waals surface area contributed by atoms with E-state index in [1.807, 2.05) is 12.1 Å². The first-order valence-corrected chi connectivity index (χ1v) is 8.00. The van der Waals surface area contributed by atoms with Crippen molar-refractivity contribution < 1.29 is 13.9 Å². The second kappa shape index (κ2) is 6.16. The fourth-order valence-electron chi connectivity index (χ4n) is 3.13. The molecule has 1 aromatic heterocycles. The van der Waals surface area contributed by atoms with E-state index in [2.05, 4.69) is 19.8 Å². The maximum Gasteiger partial charge on any atom is 0.161 e. The van der Waals surface area contributed by atoms with Gasteiger partial charge in [0.05, 0.1) is 5.52 Å². The van der Waals surface area contributed by atoms with Crippen LogP contribution in [0, 0.1) is 11.6 Å². The van der Waals surface area contributed by atoms with E-state index < -0.39 is 11.6 Å². The van der Waals surface area contributed by atoms with Crippen LogP contribution in [-0.2, 0) is 0 Å². The van der Waals surface area contributed by atoms with Crippen LogP contribution in [0.15, 0.2) is 42.7 Å². The van der Waals surface area contributed by atoms with Crippen molar-refractivity contribution >= 4 is 22.4 Å². The third-order valence-electron chi connectivity index (χ3n) is 4.45. The van der Waals surface area contributed by atoms with Gasteiger partial charge in [0.1, 0.15) is 17.9 Å². The molecule has 7 heteroatoms. The summed E-state index contributed by atoms with van der Waals surface area (Å²) in [6, 6.07) is 9.34. The monoisotopic (exact) mass is 342 g/mol. The molecule has 5 nitrogen and oxygen atoms in total. The van der Waals surface area contributed by atoms with E-state index in [4.69, 9.17) is 0 Å². The summed E-state index contributed by atoms with van der Waals surface area (Å²) in [7, 11) is 0. The van der Waals surface area contributed by atoms with Crippen molar-refractivity contribution in [1.82, 2.24) is 9.97 Å². The number of aromatic nitrogens is 2. The lowest BCUT2D eigenvalue weighted by atomic mass is 10.2. The summed E-state index contributed by atoms with van der Waals surface area (Å²) in [5, 5.41) is 9.90. The summed E-state index contributed by atoms with van der Waals surface area (Å²) in [5.41, 5.74) is 1.43. The molecule has 0 radical (unpaired) electrons. The zero-order valence-electron chi connectivity index (χ0n) is 13.4. The quantitative estimate of drug-likeness (QED) is 0.776. The van der Waals surface area contributed by atoms with Crippen molar-refractivity contribution in [3.63, 3.8) is 0 Å². The molecule has 0 atom stereocenters. The maximum atomic E-state index is 13.6. The molecule has 1 fully saturated rings. The Morgan fingerprint density at radius 3 is 2.20 bits per heavy atom. The molecule has 3 aromatic rings. The van der Waals surface area contributed by atoms with Crippen LogP contribution in [0.5, 0.6) is 5.75 Å². The average molecular weight is 342 g/mol. The van der Waals surface area contributed by atoms with Gasteiger partial charge in [-0.2, -0.15) is 0 Å². The Hall–Kier alpha value is -2.96. The highest BCUT2D eigenvalue weighted by molar-refractivity contribution is 5.89. The number of rotatable bonds is 2. The van der Waals surface area contributed by atoms with Crippen LogP contribution < -0.4 is 9.80 Å². The van der Waals surface area contributed by atoms with Crippen LogP contribution in [0.25, 0.3) is 10.9 Å². The number of benzene rings is 2. The number of fused-ring (bicyclic) bond motifs is 1. The van der Waals surface area contributed by atoms with Gasteiger partial charge in [-0.05, 0) is 30.3 Å². The number of aromatic hydroxyl groups is 1. The molecule has 2 heterocycles. The Balaban J connectivity index is 1.57. The number of piperazine rings is 1. The number of anilines is 2. The summed E-state index contributed by atoms with van der Waals surface area (Å²) in [6.45, 7) is 2.93. The number of phenolic OH excluding ortho intramolecular Hbond substituents is 1. The highest BCUT2D eigenvalue weighted by Crippen LogP contribution is 2.27. The minimum atomic E-state index is -0.908. The standard InChI is InChI=1S/C18H16F2N4O/c19-15-9-14-17(10-16(15)20)21-11-22-18(14)24-7-5-23(6-8-24)12-1-3-13(25)4-2-12/h1-4,9-11,25H,5-8H2. The van der Waals surface area contributed by atoms with Gasteiger partial charge in [0.15, 0.2) is 11.6 Å². The molecule has 0 unspecified atom stereocenters. The third-order valence-corrected chi connectivity index (χ3v) is 4.45. The van der Waals surface area contributed by atoms with Gasteiger partial charge < -0.3 is 14.9 Å². The van der Waals surface area contributed by atoms with Crippen LogP contribution in [0.1, 0.15) is 0 Å². The van der Waals surface area contributed by atoms with E-state index in [-0.39, 0.29) is 5.75 Å². The van der Waals surface area contributed by atoms with E-state index in [0.717, 1.165) is 30.9 Å². The first kappa shape index (κ1) is 15.6. The van der Waals surface area contributed by atoms with Gasteiger partial charge in [0, 0.05) is 43.3 Å². The number of halogens is 2. The molecule has 1 aliphatic heterocycles. The minimum Gasteiger partial charge on any atom is -0.508 e. The molecule has 1 aliphatic rings. The summed E-state index contributed by atoms with van der Waals surface area (Å²) in [6.07, 6.45) is 1.38. The van der Waals surface area contributed by atoms with Crippen LogP contribution >= 0.6 is 0 Å². The molecule has 0 spiro atoms. The lowest BCUT2D eigenvalue weighted by Gasteiger charge is -2.37. The number of hydrogen-bond acceptors (Lipinski definition) is 5. The molecule has 4 rings (SSSR count). The number of hydrogen-bond donors (Lipinski definition) is 1. The Morgan fingerprint density at radius 1 is 0.840 bits per heavy atom. The fourth-order valence-corrected chi connectivity index (χ4v) is 3.13. The second-order valence-corrected chi connectivity index (χ2v) is 5.97. The highest BCUT2D eigenvalue weighted by Gasteiger charge is 2.21. The maximum absolute atomic E-state index is 13.6. The SMILES string of the molecule is Oc1ccc(N2CCN(c3ncnc4cc(F)c(F)cc34)CC2)cc1. The van der Waals surface area contributed by atoms with Gasteiger partial charge in [-0.3, -0.25) is 0 Å². The van der Waals surface area contributed by atoms with Crippen LogP contribution in [0.4, 0.5) is 20.3 Å². The Labute approximate surface area is 143 Å². The average Bonchev–Trinajstić information content (AvgIpc) is 2.63. The molecule has 128 valence electrons. The molecule has 0 bridgehead atoms. The van der Waals surface area contributed by atoms with Crippen LogP contribution in [0.3, 0.4) is 0 Å². The molecule has 25 heavy (non-hydrogen) atoms. The van der Waals surface area contributed by atoms with Crippen molar-refractivity contribution in [1.29, 1.82) is 0 Å². The van der Waals surface area contributed by atoms with Crippen LogP contribution in [-0.4, -0.2) is 41.3 Å². The van der Waals surface area contributed by atoms with Gasteiger partial charge in [0.25, 0.3) is 0 Å². The van der Waals surface area contributed by atoms with Gasteiger partial charge >= 0.3 is 0 Å². The summed E-state index contributed by atoms with van der Waals surface area (Å²) < 4.78 is 27.1. The van der Waals surface area contributed by atoms with E-state index in [1.165, 1.54) is 6.33 Å². The minimum absolute atomic E-state index is 0.240. The van der Waals surface area contributed by atoms with Gasteiger partial charge in [-0.25, -0.2) is 18.7 Å². The van der Waals surface area contributed by atoms with E-state index in [9.17, 15) is 13.9 Å². The predicted octanol–water partition coefficient (Wildman–Crippen LogP) is 2.94. The first-order chi connectivity index (χ1) is 12.1. The van der Waals surface area contributed by atoms with Crippen molar-refractivity contribution in [2.45, 2.75) is 0 Å². The molecule has 1 saturated heterocycles. The zero-order chi connectivity index (χ0) is 17.4. The molecule has 1 N–H and O–H groups in total. The third kappa shape index (κ3) is 2.93. The summed E-state index contributed by atoms with van der Waals surface area (Å²) in [5.74, 6) is -0.945. The lowest BCUT2D eigenvalue weighted by molar-refractivity contribution is 0.475. The fraction of sp³-hybridized carbons (Fsp3) is 0.222. The van der Waals surface area contributed by atoms with Crippen molar-refractivity contribution in [3.8, 4) is 5.75 Å². The van der Waals surface area contributed by atoms with Crippen molar-refractivity contribution in [2.24, 2.45) is 0 Å². The van der Waals surface area contributed by atoms with Crippen molar-refractivity contribution in [2.75, 3.05) is 36.0 Å². The highest BCUT2D eigenvalue weighted by atomic mass is 19.2. The van der Waals surface area contributed by atoms with Gasteiger partial charge in [0.2, 0.25) is 0 Å². The smallest absolute Gasteiger partial charge is 0.161 e. The molecule has 0 amide bonds. The Kier molecular flexibility index (Phi) is 3.83. The number of nitrogens with zero attached hydrogens (tertiary/aromatic N) is 4. The predicted molar refractivity (Wildman–Crippen MR) is 92.0 cm³/mol. The van der Waals surface area contributed by atoms with E-state index in [0.29, 0.717) is 29.8 Å². The lowest BCUT2D eigenvalue weighted by Crippen LogP contribution is -2.46. The number of phenols is 1. The molecule has 2 aromatic carbocycles. The molecule has 0 aliphatic carbocycles. The van der Waals surface area contributed by atoms with Crippen molar-refractivity contribution in [3.05, 3.63) is 54.4 Å². The Morgan fingerprint density at radius 2 is 1.48 bits per heavy atom. The summed E-state index contributed by atoms with van der Waals surface area (Å²) in [4.78, 5) is 12.6. The zero-order valence-corrected chi connectivity index (χ0v) is 13.4. The second-order valence-electron chi connectivity index (χ2n) is 5.97. The van der Waals surface area contributed by atoms with E-state index >= 15 is 0 Å². The Bertz CT molecular complexity index is 909. The largest absolute Gasteiger partial charge is 0.508 e. The van der Waals surface area contributed by atoms with E-state index in [1.54, 1.807) is 12.1 Å². The van der Waals surface area contributed by atoms with Gasteiger partial charge in [-0.1, -0.05) is 0 Å². The first-order valence-electron chi connectivity index (χ1n) is 8.00.